The number of nitrogens with one attached hydrogen (secondary N) is 2. The smallest absolute Gasteiger partial charge is 0.229 e. The van der Waals surface area contributed by atoms with Gasteiger partial charge in [-0.25, -0.2) is 0 Å². The zero-order valence-electron chi connectivity index (χ0n) is 27.2. The molecule has 7 N–H and O–H groups in total. The summed E-state index contributed by atoms with van der Waals surface area (Å²) in [7, 11) is 2.86. The van der Waals surface area contributed by atoms with Crippen molar-refractivity contribution < 1.29 is 44.6 Å². The number of dihydropyridines is 1. The number of benzene rings is 1. The predicted molar refractivity (Wildman–Crippen MR) is 184 cm³/mol. The molecule has 8 atom stereocenters. The van der Waals surface area contributed by atoms with E-state index in [9.17, 15) is 35.1 Å². The highest BCUT2D eigenvalue weighted by molar-refractivity contribution is 8.76. The second kappa shape index (κ2) is 11.9. The van der Waals surface area contributed by atoms with E-state index in [0.29, 0.717) is 24.4 Å². The van der Waals surface area contributed by atoms with Crippen molar-refractivity contribution in [2.75, 3.05) is 24.8 Å². The summed E-state index contributed by atoms with van der Waals surface area (Å²) in [6.45, 7) is 1.68. The van der Waals surface area contributed by atoms with Crippen LogP contribution in [0.1, 0.15) is 66.2 Å². The van der Waals surface area contributed by atoms with Crippen LogP contribution >= 0.6 is 21.6 Å². The Hall–Kier alpha value is -2.78. The lowest BCUT2D eigenvalue weighted by Gasteiger charge is -2.63. The van der Waals surface area contributed by atoms with Crippen molar-refractivity contribution in [3.05, 3.63) is 76.4 Å². The molecule has 0 amide bonds. The summed E-state index contributed by atoms with van der Waals surface area (Å²) in [6.07, 6.45) is 6.26. The second-order valence-electron chi connectivity index (χ2n) is 14.6. The van der Waals surface area contributed by atoms with Gasteiger partial charge in [0.15, 0.2) is 11.6 Å². The molecule has 7 bridgehead atoms. The van der Waals surface area contributed by atoms with Crippen molar-refractivity contribution in [1.29, 1.82) is 0 Å². The number of ether oxygens (including phenoxy) is 2. The first-order valence-corrected chi connectivity index (χ1v) is 19.5. The Morgan fingerprint density at radius 2 is 1.86 bits per heavy atom. The van der Waals surface area contributed by atoms with Gasteiger partial charge < -0.3 is 45.6 Å². The van der Waals surface area contributed by atoms with Gasteiger partial charge >= 0.3 is 0 Å². The molecule has 8 rings (SSSR count). The van der Waals surface area contributed by atoms with Gasteiger partial charge in [-0.05, 0) is 56.4 Å². The molecule has 8 unspecified atom stereocenters. The Morgan fingerprint density at radius 3 is 2.63 bits per heavy atom. The summed E-state index contributed by atoms with van der Waals surface area (Å²) in [5.41, 5.74) is -4.21. The molecule has 13 heteroatoms. The summed E-state index contributed by atoms with van der Waals surface area (Å²) in [4.78, 5) is 29.0. The fourth-order valence-electron chi connectivity index (χ4n) is 9.84. The molecule has 2 spiro atoms. The van der Waals surface area contributed by atoms with E-state index in [4.69, 9.17) is 9.47 Å². The molecule has 1 saturated heterocycles. The maximum absolute atomic E-state index is 14.8. The molecular formula is C36H42N2O9S2. The molecular weight excluding hydrogens is 669 g/mol. The molecule has 3 aliphatic heterocycles. The number of hydrogen-bond donors (Lipinski definition) is 7. The Labute approximate surface area is 292 Å². The van der Waals surface area contributed by atoms with E-state index in [-0.39, 0.29) is 40.6 Å². The topological polar surface area (TPSA) is 178 Å². The van der Waals surface area contributed by atoms with Gasteiger partial charge in [0.1, 0.15) is 40.3 Å². The third-order valence-electron chi connectivity index (χ3n) is 12.3. The normalized spacial score (nSPS) is 39.6. The quantitative estimate of drug-likeness (QED) is 0.212. The van der Waals surface area contributed by atoms with Crippen molar-refractivity contribution in [3.63, 3.8) is 0 Å². The van der Waals surface area contributed by atoms with Gasteiger partial charge in [0, 0.05) is 29.2 Å². The summed E-state index contributed by atoms with van der Waals surface area (Å²) in [6, 6.07) is 4.63. The van der Waals surface area contributed by atoms with Crippen LogP contribution in [0.5, 0.6) is 5.75 Å². The second-order valence-corrected chi connectivity index (χ2v) is 17.0. The van der Waals surface area contributed by atoms with Crippen molar-refractivity contribution in [2.24, 2.45) is 22.7 Å². The van der Waals surface area contributed by atoms with Crippen LogP contribution in [0.2, 0.25) is 0 Å². The number of hydrogen-bond acceptors (Lipinski definition) is 13. The molecule has 11 nitrogen and oxygen atoms in total. The minimum Gasteiger partial charge on any atom is -0.511 e. The van der Waals surface area contributed by atoms with E-state index in [1.807, 2.05) is 6.08 Å². The third kappa shape index (κ3) is 4.62. The molecule has 7 aliphatic rings. The maximum atomic E-state index is 14.8. The Bertz CT molecular complexity index is 1720. The standard InChI is InChI=1S/C36H42N2O9S2/c1-19-13-22-28(41)21-5-4-6-23-27(21)29(42)35(22,25(40)14-19)17-48-49-18-38-26-15-20(8-12-37-26)33(9-2-3-10-33)24-7-11-34(16-39)32(44)36(24,45)30(43)31(46-23)47-34/h4-6,8,13-15,22,24,30-32,37-40,43-45H,2-3,7,9-12,16-18H2,1H3. The van der Waals surface area contributed by atoms with Crippen molar-refractivity contribution in [2.45, 2.75) is 75.1 Å². The van der Waals surface area contributed by atoms with Gasteiger partial charge in [0.25, 0.3) is 0 Å². The monoisotopic (exact) mass is 710 g/mol. The fourth-order valence-corrected chi connectivity index (χ4v) is 12.1. The highest BCUT2D eigenvalue weighted by atomic mass is 33.1. The van der Waals surface area contributed by atoms with Crippen LogP contribution in [0, 0.1) is 22.7 Å². The van der Waals surface area contributed by atoms with Gasteiger partial charge in [-0.3, -0.25) is 9.59 Å². The zero-order chi connectivity index (χ0) is 34.3. The molecule has 0 aromatic heterocycles. The molecule has 1 aromatic carbocycles. The third-order valence-corrected chi connectivity index (χ3v) is 14.5. The first-order valence-electron chi connectivity index (χ1n) is 17.0. The average molecular weight is 711 g/mol. The van der Waals surface area contributed by atoms with E-state index in [2.05, 4.69) is 16.7 Å². The minimum absolute atomic E-state index is 0.0449. The van der Waals surface area contributed by atoms with Gasteiger partial charge in [-0.15, -0.1) is 0 Å². The summed E-state index contributed by atoms with van der Waals surface area (Å²) < 4.78 is 12.6. The number of rotatable bonds is 1. The number of aliphatic hydroxyl groups excluding tert-OH is 4. The molecule has 0 radical (unpaired) electrons. The lowest BCUT2D eigenvalue weighted by Crippen LogP contribution is -2.79. The SMILES string of the molecule is CC1=CC2C(=O)c3cccc4c3C(=O)C2(CSSCNC2=CC(=CCN2)C2(CCCC2)C2CCC3(CO)OC(O4)C(O)C2(O)C3O)C(O)=C1. The van der Waals surface area contributed by atoms with E-state index in [0.717, 1.165) is 37.1 Å². The van der Waals surface area contributed by atoms with E-state index in [1.54, 1.807) is 25.1 Å². The molecule has 3 fully saturated rings. The van der Waals surface area contributed by atoms with Crippen LogP contribution in [0.3, 0.4) is 0 Å². The highest BCUT2D eigenvalue weighted by Crippen LogP contribution is 2.62. The van der Waals surface area contributed by atoms with Crippen LogP contribution < -0.4 is 15.4 Å². The van der Waals surface area contributed by atoms with Crippen LogP contribution in [-0.2, 0) is 4.74 Å². The summed E-state index contributed by atoms with van der Waals surface area (Å²) in [5, 5.41) is 65.9. The maximum Gasteiger partial charge on any atom is 0.229 e. The minimum atomic E-state index is -2.16. The van der Waals surface area contributed by atoms with E-state index >= 15 is 0 Å². The first kappa shape index (κ1) is 33.4. The number of carbonyl (C=O) groups excluding carboxylic acids is 2. The van der Waals surface area contributed by atoms with Gasteiger partial charge in [-0.2, -0.15) is 0 Å². The van der Waals surface area contributed by atoms with Crippen molar-refractivity contribution >= 4 is 33.2 Å². The van der Waals surface area contributed by atoms with E-state index in [1.165, 1.54) is 33.7 Å². The number of fused-ring (bicyclic) bond motifs is 5. The molecule has 4 aliphatic carbocycles. The first-order chi connectivity index (χ1) is 23.5. The summed E-state index contributed by atoms with van der Waals surface area (Å²) >= 11 is 0. The Morgan fingerprint density at radius 1 is 1.06 bits per heavy atom. The number of aliphatic hydroxyl groups is 5. The van der Waals surface area contributed by atoms with Crippen LogP contribution in [-0.4, -0.2) is 91.6 Å². The molecule has 1 aromatic rings. The van der Waals surface area contributed by atoms with Crippen LogP contribution in [0.4, 0.5) is 0 Å². The largest absolute Gasteiger partial charge is 0.511 e. The molecule has 2 saturated carbocycles. The van der Waals surface area contributed by atoms with Crippen molar-refractivity contribution in [3.8, 4) is 5.75 Å². The number of Topliss-reactive ketones (excluding diaryl/α,β-unsaturated/α-hetero) is 2. The zero-order valence-corrected chi connectivity index (χ0v) is 28.8. The van der Waals surface area contributed by atoms with Gasteiger partial charge in [0.2, 0.25) is 6.29 Å². The fraction of sp³-hybridized carbons (Fsp3) is 0.556. The number of allylic oxidation sites excluding steroid dienone is 6. The van der Waals surface area contributed by atoms with Crippen LogP contribution in [0.15, 0.2) is 65.2 Å². The predicted octanol–water partition coefficient (Wildman–Crippen LogP) is 3.27. The molecule has 262 valence electrons. The van der Waals surface area contributed by atoms with Crippen LogP contribution in [0.25, 0.3) is 0 Å². The highest BCUT2D eigenvalue weighted by Gasteiger charge is 2.71. The lowest BCUT2D eigenvalue weighted by molar-refractivity contribution is -0.383. The lowest BCUT2D eigenvalue weighted by atomic mass is 9.52. The average Bonchev–Trinajstić information content (AvgIpc) is 3.59. The summed E-state index contributed by atoms with van der Waals surface area (Å²) in [5.74, 6) is -1.33. The van der Waals surface area contributed by atoms with E-state index < -0.39 is 64.8 Å². The number of ketones is 2. The Kier molecular flexibility index (Phi) is 8.10. The molecule has 49 heavy (non-hydrogen) atoms. The van der Waals surface area contributed by atoms with Gasteiger partial charge in [0.05, 0.1) is 29.8 Å². The van der Waals surface area contributed by atoms with Crippen molar-refractivity contribution in [1.82, 2.24) is 10.6 Å². The Balaban J connectivity index is 1.30. The molecule has 3 heterocycles. The van der Waals surface area contributed by atoms with Gasteiger partial charge in [-0.1, -0.05) is 64.3 Å². The number of carbonyl (C=O) groups is 2.